The molecule has 2 N–H and O–H groups in total. The van der Waals surface area contributed by atoms with E-state index in [1.165, 1.54) is 0 Å². The number of aromatic amines is 1. The third kappa shape index (κ3) is 3.84. The molecule has 24 heavy (non-hydrogen) atoms. The highest BCUT2D eigenvalue weighted by Gasteiger charge is 2.39. The second kappa shape index (κ2) is 6.50. The van der Waals surface area contributed by atoms with Gasteiger partial charge in [-0.15, -0.1) is 0 Å². The Morgan fingerprint density at radius 3 is 2.46 bits per heavy atom. The van der Waals surface area contributed by atoms with Gasteiger partial charge in [-0.25, -0.2) is 14.2 Å². The van der Waals surface area contributed by atoms with E-state index in [0.29, 0.717) is 0 Å². The molecule has 0 unspecified atom stereocenters. The Bertz CT molecular complexity index is 810. The number of halogens is 3. The van der Waals surface area contributed by atoms with Crippen LogP contribution < -0.4 is 16.7 Å². The number of nitrogens with one attached hydrogen (secondary N) is 2. The van der Waals surface area contributed by atoms with Crippen LogP contribution in [-0.2, 0) is 0 Å². The van der Waals surface area contributed by atoms with E-state index in [2.05, 4.69) is 15.3 Å². The Kier molecular flexibility index (Phi) is 4.81. The van der Waals surface area contributed by atoms with Gasteiger partial charge in [0.2, 0.25) is 5.95 Å². The van der Waals surface area contributed by atoms with E-state index in [1.54, 1.807) is 6.92 Å². The average Bonchev–Trinajstić information content (AvgIpc) is 2.45. The van der Waals surface area contributed by atoms with Gasteiger partial charge in [0.15, 0.2) is 0 Å². The Hall–Kier alpha value is -2.58. The van der Waals surface area contributed by atoms with Crippen LogP contribution in [0.5, 0.6) is 0 Å². The van der Waals surface area contributed by atoms with Gasteiger partial charge in [-0.2, -0.15) is 18.2 Å². The molecule has 2 atom stereocenters. The van der Waals surface area contributed by atoms with Gasteiger partial charge >= 0.3 is 17.6 Å². The summed E-state index contributed by atoms with van der Waals surface area (Å²) in [6, 6.07) is 4.95. The maximum atomic E-state index is 12.7. The van der Waals surface area contributed by atoms with Crippen LogP contribution in [0.1, 0.15) is 37.1 Å². The van der Waals surface area contributed by atoms with Crippen molar-refractivity contribution in [2.24, 2.45) is 0 Å². The summed E-state index contributed by atoms with van der Waals surface area (Å²) in [7, 11) is 0. The molecule has 1 aromatic carbocycles. The van der Waals surface area contributed by atoms with Crippen molar-refractivity contribution in [2.45, 2.75) is 39.0 Å². The van der Waals surface area contributed by atoms with Crippen molar-refractivity contribution in [2.75, 3.05) is 5.32 Å². The molecule has 130 valence electrons. The Labute approximate surface area is 135 Å². The number of H-pyrrole nitrogens is 1. The third-order valence-electron chi connectivity index (χ3n) is 3.61. The molecule has 0 fully saturated rings. The minimum Gasteiger partial charge on any atom is -0.349 e. The standard InChI is InChI=1S/C15H17F3N4O2/c1-8-5-4-6-11(7-8)9(2)19-12-20-13(23)22(14(24)21-12)10(3)15(16,17)18/h4-7,9-10H,1-3H3,(H2,19,20,21,23,24)/t9-,10+/m0/s1. The molecule has 0 aliphatic carbocycles. The molecule has 9 heteroatoms. The van der Waals surface area contributed by atoms with Crippen LogP contribution >= 0.6 is 0 Å². The number of rotatable bonds is 4. The summed E-state index contributed by atoms with van der Waals surface area (Å²) < 4.78 is 38.2. The molecule has 0 aliphatic rings. The number of benzene rings is 1. The maximum Gasteiger partial charge on any atom is 0.409 e. The second-order valence-electron chi connectivity index (χ2n) is 5.54. The summed E-state index contributed by atoms with van der Waals surface area (Å²) in [6.45, 7) is 4.41. The lowest BCUT2D eigenvalue weighted by molar-refractivity contribution is -0.164. The number of nitrogens with zero attached hydrogens (tertiary/aromatic N) is 2. The summed E-state index contributed by atoms with van der Waals surface area (Å²) in [5, 5.41) is 2.81. The van der Waals surface area contributed by atoms with Gasteiger partial charge in [0.1, 0.15) is 6.04 Å². The monoisotopic (exact) mass is 342 g/mol. The zero-order valence-electron chi connectivity index (χ0n) is 13.3. The molecule has 0 spiro atoms. The number of alkyl halides is 3. The maximum absolute atomic E-state index is 12.7. The summed E-state index contributed by atoms with van der Waals surface area (Å²) >= 11 is 0. The number of aromatic nitrogens is 3. The van der Waals surface area contributed by atoms with Gasteiger partial charge < -0.3 is 5.32 Å². The Balaban J connectivity index is 2.31. The van der Waals surface area contributed by atoms with Crippen molar-refractivity contribution in [3.63, 3.8) is 0 Å². The van der Waals surface area contributed by atoms with Gasteiger partial charge in [-0.3, -0.25) is 4.98 Å². The van der Waals surface area contributed by atoms with Gasteiger partial charge in [-0.05, 0) is 26.3 Å². The molecule has 1 aromatic heterocycles. The number of hydrogen-bond donors (Lipinski definition) is 2. The number of hydrogen-bond acceptors (Lipinski definition) is 4. The quantitative estimate of drug-likeness (QED) is 0.895. The van der Waals surface area contributed by atoms with E-state index in [1.807, 2.05) is 31.2 Å². The fraction of sp³-hybridized carbons (Fsp3) is 0.400. The first kappa shape index (κ1) is 17.8. The zero-order chi connectivity index (χ0) is 18.1. The van der Waals surface area contributed by atoms with Crippen LogP contribution in [-0.4, -0.2) is 20.7 Å². The van der Waals surface area contributed by atoms with E-state index in [9.17, 15) is 22.8 Å². The van der Waals surface area contributed by atoms with Crippen LogP contribution in [0.4, 0.5) is 19.1 Å². The molecule has 0 radical (unpaired) electrons. The molecule has 1 heterocycles. The second-order valence-corrected chi connectivity index (χ2v) is 5.54. The molecule has 0 saturated heterocycles. The van der Waals surface area contributed by atoms with Crippen molar-refractivity contribution in [3.05, 3.63) is 56.4 Å². The van der Waals surface area contributed by atoms with Crippen LogP contribution in [0.15, 0.2) is 33.9 Å². The highest BCUT2D eigenvalue weighted by atomic mass is 19.4. The predicted octanol–water partition coefficient (Wildman–Crippen LogP) is 2.54. The van der Waals surface area contributed by atoms with Gasteiger partial charge in [0, 0.05) is 0 Å². The van der Waals surface area contributed by atoms with E-state index < -0.39 is 23.6 Å². The van der Waals surface area contributed by atoms with Crippen molar-refractivity contribution < 1.29 is 13.2 Å². The fourth-order valence-corrected chi connectivity index (χ4v) is 2.21. The average molecular weight is 342 g/mol. The highest BCUT2D eigenvalue weighted by Crippen LogP contribution is 2.27. The number of anilines is 1. The predicted molar refractivity (Wildman–Crippen MR) is 83.1 cm³/mol. The summed E-state index contributed by atoms with van der Waals surface area (Å²) in [5.74, 6) is -0.176. The lowest BCUT2D eigenvalue weighted by atomic mass is 10.1. The molecule has 2 rings (SSSR count). The SMILES string of the molecule is Cc1cccc([C@H](C)Nc2nc(=O)n([C@H](C)C(F)(F)F)c(=O)[nH]2)c1. The Morgan fingerprint density at radius 1 is 1.25 bits per heavy atom. The van der Waals surface area contributed by atoms with Crippen LogP contribution in [0.25, 0.3) is 0 Å². The topological polar surface area (TPSA) is 79.8 Å². The smallest absolute Gasteiger partial charge is 0.349 e. The van der Waals surface area contributed by atoms with E-state index >= 15 is 0 Å². The van der Waals surface area contributed by atoms with Gasteiger partial charge in [0.25, 0.3) is 0 Å². The molecule has 0 bridgehead atoms. The largest absolute Gasteiger partial charge is 0.409 e. The van der Waals surface area contributed by atoms with Gasteiger partial charge in [0.05, 0.1) is 6.04 Å². The van der Waals surface area contributed by atoms with Gasteiger partial charge in [-0.1, -0.05) is 29.8 Å². The van der Waals surface area contributed by atoms with E-state index in [0.717, 1.165) is 18.1 Å². The highest BCUT2D eigenvalue weighted by molar-refractivity contribution is 5.32. The molecule has 0 amide bonds. The van der Waals surface area contributed by atoms with Crippen molar-refractivity contribution in [1.82, 2.24) is 14.5 Å². The van der Waals surface area contributed by atoms with E-state index in [-0.39, 0.29) is 16.6 Å². The summed E-state index contributed by atoms with van der Waals surface area (Å²) in [6.07, 6.45) is -4.72. The molecule has 2 aromatic rings. The fourth-order valence-electron chi connectivity index (χ4n) is 2.21. The summed E-state index contributed by atoms with van der Waals surface area (Å²) in [5.41, 5.74) is -0.524. The van der Waals surface area contributed by atoms with Crippen molar-refractivity contribution in [1.29, 1.82) is 0 Å². The normalized spacial score (nSPS) is 14.2. The van der Waals surface area contributed by atoms with Crippen LogP contribution in [0.3, 0.4) is 0 Å². The lowest BCUT2D eigenvalue weighted by Crippen LogP contribution is -2.44. The first-order valence-electron chi connectivity index (χ1n) is 7.22. The van der Waals surface area contributed by atoms with Crippen LogP contribution in [0, 0.1) is 6.92 Å². The molecule has 0 saturated carbocycles. The minimum atomic E-state index is -4.72. The number of aryl methyl sites for hydroxylation is 1. The van der Waals surface area contributed by atoms with Crippen LogP contribution in [0.2, 0.25) is 0 Å². The van der Waals surface area contributed by atoms with Crippen molar-refractivity contribution >= 4 is 5.95 Å². The Morgan fingerprint density at radius 2 is 1.92 bits per heavy atom. The molecular formula is C15H17F3N4O2. The molecule has 6 nitrogen and oxygen atoms in total. The third-order valence-corrected chi connectivity index (χ3v) is 3.61. The molecule has 0 aliphatic heterocycles. The lowest BCUT2D eigenvalue weighted by Gasteiger charge is -2.18. The molecular weight excluding hydrogens is 325 g/mol. The first-order valence-corrected chi connectivity index (χ1v) is 7.22. The van der Waals surface area contributed by atoms with E-state index in [4.69, 9.17) is 0 Å². The minimum absolute atomic E-state index is 0.0442. The summed E-state index contributed by atoms with van der Waals surface area (Å²) in [4.78, 5) is 29.3. The first-order chi connectivity index (χ1) is 11.1. The van der Waals surface area contributed by atoms with Crippen molar-refractivity contribution in [3.8, 4) is 0 Å². The zero-order valence-corrected chi connectivity index (χ0v) is 13.3.